The van der Waals surface area contributed by atoms with E-state index in [2.05, 4.69) is 10.5 Å². The van der Waals surface area contributed by atoms with Crippen molar-refractivity contribution >= 4 is 27.8 Å². The zero-order valence-electron chi connectivity index (χ0n) is 21.7. The Bertz CT molecular complexity index is 1360. The van der Waals surface area contributed by atoms with E-state index in [0.29, 0.717) is 41.8 Å². The molecule has 38 heavy (non-hydrogen) atoms. The van der Waals surface area contributed by atoms with Gasteiger partial charge in [-0.25, -0.2) is 13.8 Å². The van der Waals surface area contributed by atoms with Crippen molar-refractivity contribution in [2.75, 3.05) is 38.3 Å². The SMILES string of the molecule is CCOc1ccc(/C=N\NC(=O)CN(c2ccc(OC)c(OC)c2)S(=O)(=O)c2ccccc2)cc1OCC. The van der Waals surface area contributed by atoms with Crippen molar-refractivity contribution in [2.45, 2.75) is 18.7 Å². The van der Waals surface area contributed by atoms with Crippen LogP contribution in [-0.2, 0) is 14.8 Å². The fourth-order valence-corrected chi connectivity index (χ4v) is 4.94. The van der Waals surface area contributed by atoms with Crippen LogP contribution in [0.15, 0.2) is 76.7 Å². The quantitative estimate of drug-likeness (QED) is 0.258. The Labute approximate surface area is 222 Å². The summed E-state index contributed by atoms with van der Waals surface area (Å²) in [5, 5.41) is 3.99. The van der Waals surface area contributed by atoms with Gasteiger partial charge in [-0.1, -0.05) is 18.2 Å². The minimum atomic E-state index is -4.10. The zero-order valence-corrected chi connectivity index (χ0v) is 22.5. The van der Waals surface area contributed by atoms with Gasteiger partial charge in [0.2, 0.25) is 0 Å². The van der Waals surface area contributed by atoms with Crippen LogP contribution in [0.5, 0.6) is 23.0 Å². The maximum absolute atomic E-state index is 13.5. The Morgan fingerprint density at radius 3 is 2.18 bits per heavy atom. The van der Waals surface area contributed by atoms with Gasteiger partial charge < -0.3 is 18.9 Å². The highest BCUT2D eigenvalue weighted by Crippen LogP contribution is 2.33. The van der Waals surface area contributed by atoms with Gasteiger partial charge in [0.1, 0.15) is 6.54 Å². The molecule has 0 unspecified atom stereocenters. The van der Waals surface area contributed by atoms with Crippen molar-refractivity contribution in [1.29, 1.82) is 0 Å². The van der Waals surface area contributed by atoms with Crippen LogP contribution >= 0.6 is 0 Å². The molecule has 0 atom stereocenters. The van der Waals surface area contributed by atoms with E-state index < -0.39 is 22.5 Å². The number of benzene rings is 3. The van der Waals surface area contributed by atoms with Gasteiger partial charge in [0.15, 0.2) is 23.0 Å². The van der Waals surface area contributed by atoms with Crippen LogP contribution in [0.1, 0.15) is 19.4 Å². The molecule has 3 aromatic rings. The Hall–Kier alpha value is -4.25. The molecular formula is C27H31N3O7S. The number of anilines is 1. The molecular weight excluding hydrogens is 510 g/mol. The minimum Gasteiger partial charge on any atom is -0.493 e. The van der Waals surface area contributed by atoms with E-state index in [1.165, 1.54) is 44.7 Å². The number of amides is 1. The largest absolute Gasteiger partial charge is 0.493 e. The van der Waals surface area contributed by atoms with Crippen LogP contribution in [0.3, 0.4) is 0 Å². The number of nitrogens with one attached hydrogen (secondary N) is 1. The van der Waals surface area contributed by atoms with Gasteiger partial charge in [-0.3, -0.25) is 9.10 Å². The molecule has 202 valence electrons. The topological polar surface area (TPSA) is 116 Å². The Morgan fingerprint density at radius 2 is 1.53 bits per heavy atom. The molecule has 0 radical (unpaired) electrons. The fourth-order valence-electron chi connectivity index (χ4n) is 3.51. The number of hydrogen-bond acceptors (Lipinski definition) is 8. The first-order chi connectivity index (χ1) is 18.3. The van der Waals surface area contributed by atoms with Crippen LogP contribution in [0, 0.1) is 0 Å². The van der Waals surface area contributed by atoms with Crippen molar-refractivity contribution < 1.29 is 32.2 Å². The highest BCUT2D eigenvalue weighted by molar-refractivity contribution is 7.92. The first-order valence-electron chi connectivity index (χ1n) is 11.8. The first kappa shape index (κ1) is 28.3. The summed E-state index contributed by atoms with van der Waals surface area (Å²) in [6.45, 7) is 4.16. The summed E-state index contributed by atoms with van der Waals surface area (Å²) in [6.07, 6.45) is 1.43. The second kappa shape index (κ2) is 13.3. The lowest BCUT2D eigenvalue weighted by Gasteiger charge is -2.24. The summed E-state index contributed by atoms with van der Waals surface area (Å²) in [7, 11) is -1.18. The van der Waals surface area contributed by atoms with Gasteiger partial charge in [-0.05, 0) is 61.9 Å². The Morgan fingerprint density at radius 1 is 0.868 bits per heavy atom. The van der Waals surface area contributed by atoms with E-state index in [0.717, 1.165) is 4.31 Å². The molecule has 1 N–H and O–H groups in total. The molecule has 0 spiro atoms. The number of ether oxygens (including phenoxy) is 4. The molecule has 0 heterocycles. The number of nitrogens with zero attached hydrogens (tertiary/aromatic N) is 2. The van der Waals surface area contributed by atoms with Gasteiger partial charge in [-0.2, -0.15) is 5.10 Å². The van der Waals surface area contributed by atoms with E-state index >= 15 is 0 Å². The number of carbonyl (C=O) groups excluding carboxylic acids is 1. The summed E-state index contributed by atoms with van der Waals surface area (Å²) in [5.74, 6) is 1.25. The van der Waals surface area contributed by atoms with E-state index in [9.17, 15) is 13.2 Å². The predicted molar refractivity (Wildman–Crippen MR) is 145 cm³/mol. The molecule has 1 amide bonds. The number of sulfonamides is 1. The summed E-state index contributed by atoms with van der Waals surface area (Å²) in [6, 6.07) is 17.7. The molecule has 0 bridgehead atoms. The van der Waals surface area contributed by atoms with Crippen LogP contribution < -0.4 is 28.7 Å². The third kappa shape index (κ3) is 6.94. The first-order valence-corrected chi connectivity index (χ1v) is 13.3. The molecule has 3 rings (SSSR count). The average Bonchev–Trinajstić information content (AvgIpc) is 2.93. The number of carbonyl (C=O) groups is 1. The van der Waals surface area contributed by atoms with Crippen molar-refractivity contribution in [3.8, 4) is 23.0 Å². The van der Waals surface area contributed by atoms with E-state index in [4.69, 9.17) is 18.9 Å². The van der Waals surface area contributed by atoms with Crippen LogP contribution in [0.2, 0.25) is 0 Å². The number of methoxy groups -OCH3 is 2. The molecule has 11 heteroatoms. The lowest BCUT2D eigenvalue weighted by molar-refractivity contribution is -0.119. The van der Waals surface area contributed by atoms with Crippen molar-refractivity contribution in [3.63, 3.8) is 0 Å². The van der Waals surface area contributed by atoms with Gasteiger partial charge >= 0.3 is 0 Å². The zero-order chi connectivity index (χ0) is 27.5. The van der Waals surface area contributed by atoms with Gasteiger partial charge in [0.05, 0.1) is 44.2 Å². The average molecular weight is 542 g/mol. The smallest absolute Gasteiger partial charge is 0.264 e. The molecule has 0 aliphatic heterocycles. The summed E-state index contributed by atoms with van der Waals surface area (Å²) in [5.41, 5.74) is 3.27. The van der Waals surface area contributed by atoms with Crippen molar-refractivity contribution in [2.24, 2.45) is 5.10 Å². The molecule has 0 fully saturated rings. The summed E-state index contributed by atoms with van der Waals surface area (Å²) < 4.78 is 49.7. The maximum atomic E-state index is 13.5. The van der Waals surface area contributed by atoms with Gasteiger partial charge in [0.25, 0.3) is 15.9 Å². The summed E-state index contributed by atoms with van der Waals surface area (Å²) >= 11 is 0. The molecule has 0 aliphatic carbocycles. The number of hydrogen-bond donors (Lipinski definition) is 1. The highest BCUT2D eigenvalue weighted by atomic mass is 32.2. The second-order valence-electron chi connectivity index (χ2n) is 7.73. The third-order valence-corrected chi connectivity index (χ3v) is 7.03. The predicted octanol–water partition coefficient (Wildman–Crippen LogP) is 3.85. The summed E-state index contributed by atoms with van der Waals surface area (Å²) in [4.78, 5) is 12.9. The van der Waals surface area contributed by atoms with E-state index in [-0.39, 0.29) is 10.6 Å². The monoisotopic (exact) mass is 541 g/mol. The van der Waals surface area contributed by atoms with Crippen LogP contribution in [-0.4, -0.2) is 54.5 Å². The highest BCUT2D eigenvalue weighted by Gasteiger charge is 2.28. The number of rotatable bonds is 13. The van der Waals surface area contributed by atoms with Gasteiger partial charge in [-0.15, -0.1) is 0 Å². The van der Waals surface area contributed by atoms with Crippen LogP contribution in [0.4, 0.5) is 5.69 Å². The molecule has 3 aromatic carbocycles. The normalized spacial score (nSPS) is 11.2. The molecule has 0 aromatic heterocycles. The Kier molecular flexibility index (Phi) is 9.94. The lowest BCUT2D eigenvalue weighted by atomic mass is 10.2. The molecule has 0 saturated carbocycles. The molecule has 0 aliphatic rings. The lowest BCUT2D eigenvalue weighted by Crippen LogP contribution is -2.39. The Balaban J connectivity index is 1.85. The second-order valence-corrected chi connectivity index (χ2v) is 9.59. The molecule has 10 nitrogen and oxygen atoms in total. The minimum absolute atomic E-state index is 0.0314. The van der Waals surface area contributed by atoms with Crippen molar-refractivity contribution in [3.05, 3.63) is 72.3 Å². The number of hydrazone groups is 1. The van der Waals surface area contributed by atoms with Crippen molar-refractivity contribution in [1.82, 2.24) is 5.43 Å². The van der Waals surface area contributed by atoms with Gasteiger partial charge in [0, 0.05) is 6.07 Å². The standard InChI is InChI=1S/C27H31N3O7S/c1-5-36-24-14-12-20(16-26(24)37-6-2)18-28-29-27(31)19-30(38(32,33)22-10-8-7-9-11-22)21-13-15-23(34-3)25(17-21)35-4/h7-18H,5-6,19H2,1-4H3,(H,29,31)/b28-18-. The fraction of sp³-hybridized carbons (Fsp3) is 0.259. The van der Waals surface area contributed by atoms with E-state index in [1.807, 2.05) is 13.8 Å². The van der Waals surface area contributed by atoms with E-state index in [1.54, 1.807) is 42.5 Å². The maximum Gasteiger partial charge on any atom is 0.264 e. The molecule has 0 saturated heterocycles. The van der Waals surface area contributed by atoms with Crippen LogP contribution in [0.25, 0.3) is 0 Å². The third-order valence-electron chi connectivity index (χ3n) is 5.24.